The number of nitrogens with one attached hydrogen (secondary N) is 1. The number of aliphatic hydroxyl groups excluding tert-OH is 1. The summed E-state index contributed by atoms with van der Waals surface area (Å²) < 4.78 is 0. The number of carbonyl (C=O) groups is 1. The maximum absolute atomic E-state index is 12.3. The number of aryl methyl sites for hydroxylation is 1. The number of nitrogens with zero attached hydrogens (tertiary/aromatic N) is 1. The standard InChI is InChI=1S/C15H22N2O2/c1-4-11-5-7-12(8-6-11)17-10-15(2,3)16-13(9-18)14(17)19/h5-8,13,16,18H,4,9-10H2,1-3H3. The lowest BCUT2D eigenvalue weighted by Crippen LogP contribution is -2.66. The fourth-order valence-electron chi connectivity index (χ4n) is 2.49. The van der Waals surface area contributed by atoms with Crippen molar-refractivity contribution >= 4 is 11.6 Å². The van der Waals surface area contributed by atoms with E-state index in [1.54, 1.807) is 4.90 Å². The van der Waals surface area contributed by atoms with Crippen molar-refractivity contribution in [2.45, 2.75) is 38.8 Å². The van der Waals surface area contributed by atoms with Crippen molar-refractivity contribution in [2.24, 2.45) is 0 Å². The Morgan fingerprint density at radius 2 is 2.00 bits per heavy atom. The van der Waals surface area contributed by atoms with E-state index < -0.39 is 6.04 Å². The number of hydrogen-bond donors (Lipinski definition) is 2. The van der Waals surface area contributed by atoms with Crippen LogP contribution in [0, 0.1) is 0 Å². The zero-order chi connectivity index (χ0) is 14.0. The van der Waals surface area contributed by atoms with Crippen molar-refractivity contribution in [3.8, 4) is 0 Å². The summed E-state index contributed by atoms with van der Waals surface area (Å²) in [5, 5.41) is 12.5. The van der Waals surface area contributed by atoms with Crippen molar-refractivity contribution < 1.29 is 9.90 Å². The quantitative estimate of drug-likeness (QED) is 0.864. The van der Waals surface area contributed by atoms with E-state index in [0.29, 0.717) is 6.54 Å². The Hall–Kier alpha value is -1.39. The second kappa shape index (κ2) is 5.31. The fourth-order valence-corrected chi connectivity index (χ4v) is 2.49. The van der Waals surface area contributed by atoms with Crippen LogP contribution in [0.2, 0.25) is 0 Å². The molecular formula is C15H22N2O2. The summed E-state index contributed by atoms with van der Waals surface area (Å²) in [6.45, 7) is 6.61. The number of anilines is 1. The Kier molecular flexibility index (Phi) is 3.92. The first kappa shape index (κ1) is 14.0. The molecule has 1 unspecified atom stereocenters. The minimum atomic E-state index is -0.519. The van der Waals surface area contributed by atoms with Gasteiger partial charge in [0.2, 0.25) is 5.91 Å². The lowest BCUT2D eigenvalue weighted by atomic mass is 9.97. The molecule has 1 aromatic carbocycles. The Morgan fingerprint density at radius 3 is 2.53 bits per heavy atom. The van der Waals surface area contributed by atoms with Crippen LogP contribution in [0.1, 0.15) is 26.3 Å². The molecule has 0 saturated carbocycles. The van der Waals surface area contributed by atoms with E-state index in [0.717, 1.165) is 12.1 Å². The van der Waals surface area contributed by atoms with Gasteiger partial charge in [0.05, 0.1) is 6.61 Å². The third-order valence-corrected chi connectivity index (χ3v) is 3.52. The van der Waals surface area contributed by atoms with Crippen molar-refractivity contribution in [3.05, 3.63) is 29.8 Å². The van der Waals surface area contributed by atoms with Crippen molar-refractivity contribution in [1.29, 1.82) is 0 Å². The minimum Gasteiger partial charge on any atom is -0.394 e. The van der Waals surface area contributed by atoms with Gasteiger partial charge in [0.25, 0.3) is 0 Å². The second-order valence-electron chi connectivity index (χ2n) is 5.71. The summed E-state index contributed by atoms with van der Waals surface area (Å²) in [7, 11) is 0. The zero-order valence-electron chi connectivity index (χ0n) is 11.8. The predicted molar refractivity (Wildman–Crippen MR) is 76.3 cm³/mol. The molecule has 0 aliphatic carbocycles. The number of aliphatic hydroxyl groups is 1. The van der Waals surface area contributed by atoms with Gasteiger partial charge in [-0.3, -0.25) is 10.1 Å². The molecule has 4 heteroatoms. The van der Waals surface area contributed by atoms with Gasteiger partial charge >= 0.3 is 0 Å². The molecule has 0 bridgehead atoms. The Bertz CT molecular complexity index is 454. The first-order valence-electron chi connectivity index (χ1n) is 6.75. The minimum absolute atomic E-state index is 0.0638. The van der Waals surface area contributed by atoms with E-state index in [2.05, 4.69) is 12.2 Å². The molecule has 19 heavy (non-hydrogen) atoms. The zero-order valence-corrected chi connectivity index (χ0v) is 11.8. The molecule has 1 aliphatic heterocycles. The normalized spacial score (nSPS) is 22.6. The smallest absolute Gasteiger partial charge is 0.246 e. The average Bonchev–Trinajstić information content (AvgIpc) is 2.41. The molecule has 1 aliphatic rings. The van der Waals surface area contributed by atoms with Crippen molar-refractivity contribution in [1.82, 2.24) is 5.32 Å². The molecule has 1 amide bonds. The van der Waals surface area contributed by atoms with Crippen LogP contribution in [0.4, 0.5) is 5.69 Å². The van der Waals surface area contributed by atoms with Gasteiger partial charge in [-0.1, -0.05) is 19.1 Å². The SMILES string of the molecule is CCc1ccc(N2CC(C)(C)NC(CO)C2=O)cc1. The topological polar surface area (TPSA) is 52.6 Å². The lowest BCUT2D eigenvalue weighted by molar-refractivity contribution is -0.124. The average molecular weight is 262 g/mol. The molecule has 0 spiro atoms. The fraction of sp³-hybridized carbons (Fsp3) is 0.533. The lowest BCUT2D eigenvalue weighted by Gasteiger charge is -2.42. The van der Waals surface area contributed by atoms with Crippen LogP contribution in [0.5, 0.6) is 0 Å². The van der Waals surface area contributed by atoms with Crippen LogP contribution >= 0.6 is 0 Å². The van der Waals surface area contributed by atoms with Gasteiger partial charge in [0.1, 0.15) is 6.04 Å². The first-order valence-corrected chi connectivity index (χ1v) is 6.75. The highest BCUT2D eigenvalue weighted by Gasteiger charge is 2.38. The molecular weight excluding hydrogens is 240 g/mol. The van der Waals surface area contributed by atoms with E-state index in [4.69, 9.17) is 0 Å². The highest BCUT2D eigenvalue weighted by Crippen LogP contribution is 2.23. The van der Waals surface area contributed by atoms with Crippen molar-refractivity contribution in [3.63, 3.8) is 0 Å². The summed E-state index contributed by atoms with van der Waals surface area (Å²) in [4.78, 5) is 14.1. The maximum Gasteiger partial charge on any atom is 0.246 e. The van der Waals surface area contributed by atoms with E-state index in [-0.39, 0.29) is 18.1 Å². The summed E-state index contributed by atoms with van der Waals surface area (Å²) in [6.07, 6.45) is 0.987. The van der Waals surface area contributed by atoms with Gasteiger partial charge in [-0.2, -0.15) is 0 Å². The van der Waals surface area contributed by atoms with Gasteiger partial charge in [0, 0.05) is 17.8 Å². The van der Waals surface area contributed by atoms with Crippen LogP contribution in [0.25, 0.3) is 0 Å². The van der Waals surface area contributed by atoms with Gasteiger partial charge in [-0.15, -0.1) is 0 Å². The number of piperazine rings is 1. The van der Waals surface area contributed by atoms with E-state index in [1.165, 1.54) is 5.56 Å². The first-order chi connectivity index (χ1) is 8.96. The van der Waals surface area contributed by atoms with E-state index in [9.17, 15) is 9.90 Å². The summed E-state index contributed by atoms with van der Waals surface area (Å²) in [5.74, 6) is -0.0638. The van der Waals surface area contributed by atoms with E-state index >= 15 is 0 Å². The monoisotopic (exact) mass is 262 g/mol. The maximum atomic E-state index is 12.3. The predicted octanol–water partition coefficient (Wildman–Crippen LogP) is 1.32. The van der Waals surface area contributed by atoms with Crippen LogP contribution < -0.4 is 10.2 Å². The molecule has 1 saturated heterocycles. The Labute approximate surface area is 114 Å². The molecule has 1 aromatic rings. The highest BCUT2D eigenvalue weighted by molar-refractivity contribution is 5.98. The molecule has 104 valence electrons. The van der Waals surface area contributed by atoms with Gasteiger partial charge in [-0.25, -0.2) is 0 Å². The van der Waals surface area contributed by atoms with Crippen LogP contribution in [0.3, 0.4) is 0 Å². The number of hydrogen-bond acceptors (Lipinski definition) is 3. The van der Waals surface area contributed by atoms with Crippen molar-refractivity contribution in [2.75, 3.05) is 18.1 Å². The number of amides is 1. The number of benzene rings is 1. The Balaban J connectivity index is 2.27. The molecule has 4 nitrogen and oxygen atoms in total. The molecule has 2 rings (SSSR count). The third kappa shape index (κ3) is 2.96. The molecule has 0 radical (unpaired) electrons. The molecule has 1 fully saturated rings. The summed E-state index contributed by atoms with van der Waals surface area (Å²) in [6, 6.07) is 7.53. The largest absolute Gasteiger partial charge is 0.394 e. The number of rotatable bonds is 3. The molecule has 2 N–H and O–H groups in total. The molecule has 0 aromatic heterocycles. The van der Waals surface area contributed by atoms with E-state index in [1.807, 2.05) is 38.1 Å². The second-order valence-corrected chi connectivity index (χ2v) is 5.71. The van der Waals surface area contributed by atoms with Crippen LogP contribution in [0.15, 0.2) is 24.3 Å². The molecule has 1 atom stereocenters. The highest BCUT2D eigenvalue weighted by atomic mass is 16.3. The van der Waals surface area contributed by atoms with Gasteiger partial charge in [0.15, 0.2) is 0 Å². The molecule has 1 heterocycles. The number of carbonyl (C=O) groups excluding carboxylic acids is 1. The van der Waals surface area contributed by atoms with Crippen LogP contribution in [-0.4, -0.2) is 35.7 Å². The third-order valence-electron chi connectivity index (χ3n) is 3.52. The van der Waals surface area contributed by atoms with Gasteiger partial charge < -0.3 is 10.0 Å². The Morgan fingerprint density at radius 1 is 1.37 bits per heavy atom. The summed E-state index contributed by atoms with van der Waals surface area (Å²) >= 11 is 0. The van der Waals surface area contributed by atoms with Gasteiger partial charge in [-0.05, 0) is 38.0 Å². The van der Waals surface area contributed by atoms with Crippen LogP contribution in [-0.2, 0) is 11.2 Å². The summed E-state index contributed by atoms with van der Waals surface area (Å²) in [5.41, 5.74) is 1.95.